The van der Waals surface area contributed by atoms with Crippen molar-refractivity contribution in [3.05, 3.63) is 35.9 Å². The number of ether oxygens (including phenoxy) is 1. The first kappa shape index (κ1) is 18.4. The van der Waals surface area contributed by atoms with Gasteiger partial charge in [-0.1, -0.05) is 30.3 Å². The summed E-state index contributed by atoms with van der Waals surface area (Å²) in [5, 5.41) is 9.57. The average molecular weight is 384 g/mol. The van der Waals surface area contributed by atoms with Crippen LogP contribution in [0.4, 0.5) is 0 Å². The van der Waals surface area contributed by atoms with Gasteiger partial charge in [-0.25, -0.2) is 0 Å². The first-order chi connectivity index (χ1) is 10.5. The maximum absolute atomic E-state index is 12.5. The van der Waals surface area contributed by atoms with Crippen molar-refractivity contribution in [2.75, 3.05) is 20.7 Å². The number of fused-ring (bicyclic) bond motifs is 2. The van der Waals surface area contributed by atoms with Crippen molar-refractivity contribution in [2.45, 2.75) is 49.8 Å². The Hall–Kier alpha value is -0.910. The molecule has 128 valence electrons. The third-order valence-electron chi connectivity index (χ3n) is 5.74. The zero-order valence-electron chi connectivity index (χ0n) is 13.8. The fourth-order valence-corrected chi connectivity index (χ4v) is 4.17. The minimum absolute atomic E-state index is 0. The van der Waals surface area contributed by atoms with E-state index in [-0.39, 0.29) is 35.7 Å². The van der Waals surface area contributed by atoms with Gasteiger partial charge in [0.1, 0.15) is 12.0 Å². The molecule has 3 atom stereocenters. The predicted octanol–water partition coefficient (Wildman–Crippen LogP) is -0.920. The zero-order valence-corrected chi connectivity index (χ0v) is 15.4. The fraction of sp³-hybridized carbons (Fsp3) is 0.611. The Kier molecular flexibility index (Phi) is 5.87. The van der Waals surface area contributed by atoms with Crippen LogP contribution in [-0.2, 0) is 9.53 Å². The van der Waals surface area contributed by atoms with E-state index in [4.69, 9.17) is 4.74 Å². The third-order valence-corrected chi connectivity index (χ3v) is 5.74. The van der Waals surface area contributed by atoms with Gasteiger partial charge < -0.3 is 31.3 Å². The molecule has 2 saturated heterocycles. The number of quaternary nitrogens is 1. The van der Waals surface area contributed by atoms with E-state index in [2.05, 4.69) is 14.1 Å². The molecule has 2 aliphatic heterocycles. The maximum atomic E-state index is 12.5. The number of hydrogen-bond donors (Lipinski definition) is 1. The number of nitrogens with zero attached hydrogens (tertiary/aromatic N) is 1. The van der Waals surface area contributed by atoms with Gasteiger partial charge in [0, 0.05) is 25.7 Å². The molecule has 0 aliphatic carbocycles. The minimum atomic E-state index is -0.566. The van der Waals surface area contributed by atoms with Crippen LogP contribution in [0.3, 0.4) is 0 Å². The van der Waals surface area contributed by atoms with Gasteiger partial charge in [-0.15, -0.1) is 0 Å². The Morgan fingerprint density at radius 3 is 2.30 bits per heavy atom. The van der Waals surface area contributed by atoms with Gasteiger partial charge in [0.05, 0.1) is 32.8 Å². The molecule has 1 N–H and O–H groups in total. The Morgan fingerprint density at radius 2 is 1.78 bits per heavy atom. The van der Waals surface area contributed by atoms with E-state index in [9.17, 15) is 9.90 Å². The van der Waals surface area contributed by atoms with Gasteiger partial charge in [0.2, 0.25) is 0 Å². The maximum Gasteiger partial charge on any atom is 0.316 e. The summed E-state index contributed by atoms with van der Waals surface area (Å²) in [6.07, 6.45) is 4.36. The van der Waals surface area contributed by atoms with Crippen LogP contribution in [0.1, 0.15) is 37.2 Å². The highest BCUT2D eigenvalue weighted by Crippen LogP contribution is 2.40. The Bertz CT molecular complexity index is 518. The number of carbonyl (C=O) groups is 1. The summed E-state index contributed by atoms with van der Waals surface area (Å²) in [7, 11) is 4.59. The summed E-state index contributed by atoms with van der Waals surface area (Å²) < 4.78 is 6.83. The molecule has 0 spiro atoms. The van der Waals surface area contributed by atoms with Gasteiger partial charge in [-0.05, 0) is 5.56 Å². The van der Waals surface area contributed by atoms with Gasteiger partial charge in [-0.3, -0.25) is 4.79 Å². The van der Waals surface area contributed by atoms with Crippen molar-refractivity contribution < 1.29 is 36.1 Å². The molecule has 4 nitrogen and oxygen atoms in total. The second kappa shape index (κ2) is 7.32. The highest BCUT2D eigenvalue weighted by Gasteiger charge is 2.50. The molecule has 0 amide bonds. The first-order valence-corrected chi connectivity index (χ1v) is 8.22. The molecule has 3 rings (SSSR count). The lowest BCUT2D eigenvalue weighted by Gasteiger charge is -2.44. The number of aliphatic hydroxyl groups excluding tert-OH is 1. The standard InChI is InChI=1S/C18H26NO3.BrH/c1-19(2)14-8-9-15(19)11-16(10-14)22-18(21)17(12-20)13-6-4-3-5-7-13;/h3-7,14-17,20H,8-12H2,1-2H3;1H/q+1;/p-1/t14-,15-,17?;/m1./s1. The second-order valence-corrected chi connectivity index (χ2v) is 7.19. The third kappa shape index (κ3) is 3.62. The molecule has 0 aromatic heterocycles. The van der Waals surface area contributed by atoms with E-state index in [1.54, 1.807) is 0 Å². The van der Waals surface area contributed by atoms with Crippen molar-refractivity contribution in [3.8, 4) is 0 Å². The van der Waals surface area contributed by atoms with E-state index in [1.165, 1.54) is 12.8 Å². The number of rotatable bonds is 4. The van der Waals surface area contributed by atoms with Gasteiger partial charge in [-0.2, -0.15) is 0 Å². The Balaban J connectivity index is 0.00000192. The quantitative estimate of drug-likeness (QED) is 0.540. The van der Waals surface area contributed by atoms with Crippen LogP contribution in [0.25, 0.3) is 0 Å². The van der Waals surface area contributed by atoms with Crippen molar-refractivity contribution in [3.63, 3.8) is 0 Å². The zero-order chi connectivity index (χ0) is 15.7. The van der Waals surface area contributed by atoms with Crippen LogP contribution in [-0.4, -0.2) is 54.4 Å². The highest BCUT2D eigenvalue weighted by molar-refractivity contribution is 5.78. The summed E-state index contributed by atoms with van der Waals surface area (Å²) >= 11 is 0. The molecular weight excluding hydrogens is 358 g/mol. The number of aliphatic hydroxyl groups is 1. The molecule has 0 saturated carbocycles. The van der Waals surface area contributed by atoms with Crippen molar-refractivity contribution in [2.24, 2.45) is 0 Å². The van der Waals surface area contributed by atoms with E-state index in [1.807, 2.05) is 30.3 Å². The van der Waals surface area contributed by atoms with E-state index in [0.717, 1.165) is 22.9 Å². The normalized spacial score (nSPS) is 29.4. The summed E-state index contributed by atoms with van der Waals surface area (Å²) in [4.78, 5) is 12.5. The number of esters is 1. The molecule has 2 bridgehead atoms. The van der Waals surface area contributed by atoms with Crippen LogP contribution in [0.2, 0.25) is 0 Å². The van der Waals surface area contributed by atoms with E-state index >= 15 is 0 Å². The van der Waals surface area contributed by atoms with Crippen molar-refractivity contribution >= 4 is 5.97 Å². The van der Waals surface area contributed by atoms with Crippen LogP contribution in [0.15, 0.2) is 30.3 Å². The van der Waals surface area contributed by atoms with Gasteiger partial charge in [0.15, 0.2) is 0 Å². The number of hydrogen-bond acceptors (Lipinski definition) is 3. The molecule has 5 heteroatoms. The largest absolute Gasteiger partial charge is 1.00 e. The first-order valence-electron chi connectivity index (χ1n) is 8.22. The topological polar surface area (TPSA) is 46.5 Å². The number of carbonyl (C=O) groups excluding carboxylic acids is 1. The minimum Gasteiger partial charge on any atom is -1.00 e. The number of benzene rings is 1. The Labute approximate surface area is 148 Å². The van der Waals surface area contributed by atoms with E-state index in [0.29, 0.717) is 12.1 Å². The SMILES string of the molecule is C[N+]1(C)[C@@H]2CC[C@@H]1CC(OC(=O)C(CO)c1ccccc1)C2.[Br-]. The monoisotopic (exact) mass is 383 g/mol. The lowest BCUT2D eigenvalue weighted by atomic mass is 9.96. The van der Waals surface area contributed by atoms with Crippen LogP contribution >= 0.6 is 0 Å². The molecule has 1 aromatic carbocycles. The summed E-state index contributed by atoms with van der Waals surface area (Å²) in [5.74, 6) is -0.853. The smallest absolute Gasteiger partial charge is 0.316 e. The number of halogens is 1. The van der Waals surface area contributed by atoms with Crippen LogP contribution in [0, 0.1) is 0 Å². The molecule has 0 radical (unpaired) electrons. The molecule has 2 fully saturated rings. The highest BCUT2D eigenvalue weighted by atomic mass is 79.9. The molecule has 23 heavy (non-hydrogen) atoms. The molecule has 1 unspecified atom stereocenters. The van der Waals surface area contributed by atoms with Crippen molar-refractivity contribution in [1.29, 1.82) is 0 Å². The summed E-state index contributed by atoms with van der Waals surface area (Å²) in [6, 6.07) is 10.6. The summed E-state index contributed by atoms with van der Waals surface area (Å²) in [5.41, 5.74) is 0.824. The molecule has 2 aliphatic rings. The molecular formula is C18H26BrNO3. The molecule has 1 aromatic rings. The summed E-state index contributed by atoms with van der Waals surface area (Å²) in [6.45, 7) is -0.204. The average Bonchev–Trinajstić information content (AvgIpc) is 2.68. The van der Waals surface area contributed by atoms with Crippen LogP contribution in [0.5, 0.6) is 0 Å². The lowest BCUT2D eigenvalue weighted by molar-refractivity contribution is -0.931. The van der Waals surface area contributed by atoms with Gasteiger partial charge >= 0.3 is 5.97 Å². The number of piperidine rings is 1. The van der Waals surface area contributed by atoms with Gasteiger partial charge in [0.25, 0.3) is 0 Å². The van der Waals surface area contributed by atoms with E-state index < -0.39 is 5.92 Å². The lowest BCUT2D eigenvalue weighted by Crippen LogP contribution is -3.00. The van der Waals surface area contributed by atoms with Crippen molar-refractivity contribution in [1.82, 2.24) is 0 Å². The predicted molar refractivity (Wildman–Crippen MR) is 84.3 cm³/mol. The van der Waals surface area contributed by atoms with Crippen LogP contribution < -0.4 is 17.0 Å². The Morgan fingerprint density at radius 1 is 1.22 bits per heavy atom. The molecule has 2 heterocycles. The fourth-order valence-electron chi connectivity index (χ4n) is 4.17. The second-order valence-electron chi connectivity index (χ2n) is 7.19.